The van der Waals surface area contributed by atoms with E-state index in [0.717, 1.165) is 4.47 Å². The predicted octanol–water partition coefficient (Wildman–Crippen LogP) is 1.70. The molecule has 1 aromatic rings. The summed E-state index contributed by atoms with van der Waals surface area (Å²) in [6.45, 7) is 1.19. The molecule has 1 N–H and O–H groups in total. The highest BCUT2D eigenvalue weighted by atomic mass is 79.9. The molecule has 1 saturated heterocycles. The summed E-state index contributed by atoms with van der Waals surface area (Å²) in [6.07, 6.45) is 0. The van der Waals surface area contributed by atoms with E-state index >= 15 is 0 Å². The van der Waals surface area contributed by atoms with Crippen molar-refractivity contribution in [3.63, 3.8) is 0 Å². The van der Waals surface area contributed by atoms with Crippen LogP contribution in [0.5, 0.6) is 0 Å². The zero-order valence-corrected chi connectivity index (χ0v) is 13.8. The van der Waals surface area contributed by atoms with Crippen molar-refractivity contribution in [2.75, 3.05) is 19.6 Å². The van der Waals surface area contributed by atoms with E-state index in [9.17, 15) is 8.42 Å². The van der Waals surface area contributed by atoms with Gasteiger partial charge in [0.15, 0.2) is 0 Å². The van der Waals surface area contributed by atoms with Crippen molar-refractivity contribution in [1.29, 1.82) is 5.26 Å². The van der Waals surface area contributed by atoms with Crippen LogP contribution in [0, 0.1) is 11.3 Å². The lowest BCUT2D eigenvalue weighted by molar-refractivity contribution is 0.311. The first kappa shape index (κ1) is 14.9. The normalized spacial score (nSPS) is 21.0. The molecule has 0 spiro atoms. The second-order valence-electron chi connectivity index (χ2n) is 4.04. The van der Waals surface area contributed by atoms with Crippen molar-refractivity contribution < 1.29 is 8.42 Å². The van der Waals surface area contributed by atoms with Crippen LogP contribution in [0.4, 0.5) is 0 Å². The van der Waals surface area contributed by atoms with Crippen molar-refractivity contribution in [2.24, 2.45) is 0 Å². The van der Waals surface area contributed by atoms with Crippen LogP contribution in [-0.2, 0) is 10.0 Å². The number of sulfonamides is 1. The summed E-state index contributed by atoms with van der Waals surface area (Å²) in [6, 6.07) is 6.22. The molecule has 1 heterocycles. The van der Waals surface area contributed by atoms with Crippen LogP contribution < -0.4 is 5.32 Å². The molecule has 1 fully saturated rings. The van der Waals surface area contributed by atoms with Crippen molar-refractivity contribution in [1.82, 2.24) is 9.62 Å². The van der Waals surface area contributed by atoms with Gasteiger partial charge in [0.2, 0.25) is 10.0 Å². The van der Waals surface area contributed by atoms with E-state index in [1.54, 1.807) is 12.1 Å². The van der Waals surface area contributed by atoms with Gasteiger partial charge in [0.05, 0.1) is 11.0 Å². The second kappa shape index (κ2) is 5.89. The Labute approximate surface area is 128 Å². The highest BCUT2D eigenvalue weighted by Crippen LogP contribution is 2.29. The summed E-state index contributed by atoms with van der Waals surface area (Å²) < 4.78 is 27.7. The Morgan fingerprint density at radius 2 is 2.16 bits per heavy atom. The van der Waals surface area contributed by atoms with E-state index in [2.05, 4.69) is 37.2 Å². The minimum atomic E-state index is -3.67. The lowest BCUT2D eigenvalue weighted by Crippen LogP contribution is -2.52. The number of halogens is 2. The molecule has 1 atom stereocenters. The van der Waals surface area contributed by atoms with Gasteiger partial charge in [-0.05, 0) is 34.1 Å². The monoisotopic (exact) mass is 407 g/mol. The van der Waals surface area contributed by atoms with Gasteiger partial charge in [-0.25, -0.2) is 8.42 Å². The fraction of sp³-hybridized carbons (Fsp3) is 0.364. The Morgan fingerprint density at radius 3 is 2.79 bits per heavy atom. The van der Waals surface area contributed by atoms with E-state index in [1.165, 1.54) is 10.4 Å². The first-order chi connectivity index (χ1) is 8.96. The van der Waals surface area contributed by atoms with Crippen LogP contribution in [0.1, 0.15) is 0 Å². The first-order valence-corrected chi connectivity index (χ1v) is 8.56. The maximum absolute atomic E-state index is 12.6. The average Bonchev–Trinajstić information content (AvgIpc) is 2.38. The van der Waals surface area contributed by atoms with E-state index in [1.807, 2.05) is 6.07 Å². The molecule has 0 aliphatic carbocycles. The van der Waals surface area contributed by atoms with Gasteiger partial charge in [0, 0.05) is 28.6 Å². The molecule has 0 radical (unpaired) electrons. The van der Waals surface area contributed by atoms with Crippen molar-refractivity contribution in [3.05, 3.63) is 27.1 Å². The van der Waals surface area contributed by atoms with E-state index in [4.69, 9.17) is 5.26 Å². The van der Waals surface area contributed by atoms with Crippen LogP contribution in [-0.4, -0.2) is 38.4 Å². The number of piperazine rings is 1. The molecular formula is C11H11Br2N3O2S. The molecule has 1 aliphatic heterocycles. The fourth-order valence-electron chi connectivity index (χ4n) is 1.89. The Morgan fingerprint density at radius 1 is 1.42 bits per heavy atom. The number of hydrogen-bond acceptors (Lipinski definition) is 4. The predicted molar refractivity (Wildman–Crippen MR) is 78.0 cm³/mol. The van der Waals surface area contributed by atoms with Gasteiger partial charge in [-0.3, -0.25) is 0 Å². The first-order valence-electron chi connectivity index (χ1n) is 5.54. The van der Waals surface area contributed by atoms with Crippen LogP contribution in [0.25, 0.3) is 0 Å². The Kier molecular flexibility index (Phi) is 4.63. The molecule has 0 amide bonds. The number of hydrogen-bond donors (Lipinski definition) is 1. The van der Waals surface area contributed by atoms with E-state index in [0.29, 0.717) is 24.1 Å². The summed E-state index contributed by atoms with van der Waals surface area (Å²) in [5.74, 6) is 0. The third kappa shape index (κ3) is 3.01. The molecule has 1 aliphatic rings. The van der Waals surface area contributed by atoms with Gasteiger partial charge >= 0.3 is 0 Å². The Hall–Kier alpha value is -0.460. The lowest BCUT2D eigenvalue weighted by atomic mass is 10.3. The number of nitrogens with zero attached hydrogens (tertiary/aromatic N) is 2. The fourth-order valence-corrected chi connectivity index (χ4v) is 5.14. The van der Waals surface area contributed by atoms with E-state index in [-0.39, 0.29) is 4.90 Å². The van der Waals surface area contributed by atoms with Crippen LogP contribution in [0.3, 0.4) is 0 Å². The third-order valence-electron chi connectivity index (χ3n) is 2.82. The molecule has 5 nitrogen and oxygen atoms in total. The topological polar surface area (TPSA) is 73.2 Å². The molecule has 8 heteroatoms. The Balaban J connectivity index is 2.44. The summed E-state index contributed by atoms with van der Waals surface area (Å²) in [7, 11) is -3.67. The van der Waals surface area contributed by atoms with Crippen molar-refractivity contribution in [3.8, 4) is 6.07 Å². The van der Waals surface area contributed by atoms with Gasteiger partial charge in [-0.15, -0.1) is 0 Å². The molecule has 102 valence electrons. The number of rotatable bonds is 2. The minimum absolute atomic E-state index is 0.179. The maximum Gasteiger partial charge on any atom is 0.245 e. The summed E-state index contributed by atoms with van der Waals surface area (Å²) in [4.78, 5) is 0.179. The molecule has 0 saturated carbocycles. The van der Waals surface area contributed by atoms with Gasteiger partial charge in [-0.1, -0.05) is 15.9 Å². The quantitative estimate of drug-likeness (QED) is 0.808. The van der Waals surface area contributed by atoms with Crippen LogP contribution in [0.2, 0.25) is 0 Å². The van der Waals surface area contributed by atoms with Gasteiger partial charge in [-0.2, -0.15) is 9.57 Å². The van der Waals surface area contributed by atoms with Crippen molar-refractivity contribution in [2.45, 2.75) is 10.9 Å². The lowest BCUT2D eigenvalue weighted by Gasteiger charge is -2.31. The number of nitrogens with one attached hydrogen (secondary N) is 1. The summed E-state index contributed by atoms with van der Waals surface area (Å²) in [5.41, 5.74) is 0. The van der Waals surface area contributed by atoms with Gasteiger partial charge in [0.1, 0.15) is 6.04 Å². The number of benzene rings is 1. The SMILES string of the molecule is N#CC1CNCCN1S(=O)(=O)c1ccc(Br)cc1Br. The molecule has 0 bridgehead atoms. The smallest absolute Gasteiger partial charge is 0.245 e. The van der Waals surface area contributed by atoms with E-state index < -0.39 is 16.1 Å². The largest absolute Gasteiger partial charge is 0.313 e. The average molecular weight is 409 g/mol. The highest BCUT2D eigenvalue weighted by Gasteiger charge is 2.34. The van der Waals surface area contributed by atoms with Crippen molar-refractivity contribution >= 4 is 41.9 Å². The molecule has 2 rings (SSSR count). The summed E-state index contributed by atoms with van der Waals surface area (Å²) in [5, 5.41) is 12.1. The third-order valence-corrected chi connectivity index (χ3v) is 6.20. The maximum atomic E-state index is 12.6. The second-order valence-corrected chi connectivity index (χ2v) is 7.67. The molecule has 0 aromatic heterocycles. The highest BCUT2D eigenvalue weighted by molar-refractivity contribution is 9.11. The molecule has 19 heavy (non-hydrogen) atoms. The van der Waals surface area contributed by atoms with Crippen LogP contribution >= 0.6 is 31.9 Å². The zero-order chi connectivity index (χ0) is 14.0. The zero-order valence-electron chi connectivity index (χ0n) is 9.81. The standard InChI is InChI=1S/C11H11Br2N3O2S/c12-8-1-2-11(10(13)5-8)19(17,18)16-4-3-15-7-9(16)6-14/h1-2,5,9,15H,3-4,7H2. The van der Waals surface area contributed by atoms with Crippen LogP contribution in [0.15, 0.2) is 32.0 Å². The summed E-state index contributed by atoms with van der Waals surface area (Å²) >= 11 is 6.54. The van der Waals surface area contributed by atoms with Gasteiger partial charge in [0.25, 0.3) is 0 Å². The number of nitriles is 1. The van der Waals surface area contributed by atoms with Gasteiger partial charge < -0.3 is 5.32 Å². The Bertz CT molecular complexity index is 627. The minimum Gasteiger partial charge on any atom is -0.313 e. The molecular weight excluding hydrogens is 398 g/mol. The molecule has 1 aromatic carbocycles. The molecule has 1 unspecified atom stereocenters.